The predicted molar refractivity (Wildman–Crippen MR) is 136 cm³/mol. The standard InChI is InChI=1S/C26H28N6O2/c1-31(2)24-5-3-4-21(29-24)22-16-18-10-11-27-23(17-33)25(18)26(30-22)28-19-6-8-20(9-7-19)32-12-14-34-15-13-32/h3-11,16-17,23,27H,12-15H2,1-2H3,(H,28,30). The van der Waals surface area contributed by atoms with Gasteiger partial charge in [0.15, 0.2) is 0 Å². The Morgan fingerprint density at radius 1 is 1.09 bits per heavy atom. The lowest BCUT2D eigenvalue weighted by Crippen LogP contribution is -2.36. The van der Waals surface area contributed by atoms with Gasteiger partial charge in [0.2, 0.25) is 0 Å². The molecule has 0 bridgehead atoms. The zero-order valence-electron chi connectivity index (χ0n) is 19.4. The summed E-state index contributed by atoms with van der Waals surface area (Å²) >= 11 is 0. The van der Waals surface area contributed by atoms with Gasteiger partial charge in [-0.25, -0.2) is 9.97 Å². The van der Waals surface area contributed by atoms with Crippen LogP contribution >= 0.6 is 0 Å². The van der Waals surface area contributed by atoms with Crippen LogP contribution in [0, 0.1) is 0 Å². The average Bonchev–Trinajstić information content (AvgIpc) is 2.89. The van der Waals surface area contributed by atoms with Gasteiger partial charge >= 0.3 is 0 Å². The van der Waals surface area contributed by atoms with Crippen LogP contribution in [0.15, 0.2) is 54.7 Å². The maximum atomic E-state index is 11.8. The van der Waals surface area contributed by atoms with E-state index < -0.39 is 6.04 Å². The summed E-state index contributed by atoms with van der Waals surface area (Å²) in [5, 5.41) is 6.57. The third-order valence-corrected chi connectivity index (χ3v) is 6.04. The quantitative estimate of drug-likeness (QED) is 0.545. The van der Waals surface area contributed by atoms with Crippen molar-refractivity contribution in [3.8, 4) is 11.4 Å². The number of pyridine rings is 2. The lowest BCUT2D eigenvalue weighted by Gasteiger charge is -2.29. The molecule has 0 spiro atoms. The zero-order valence-corrected chi connectivity index (χ0v) is 19.4. The van der Waals surface area contributed by atoms with Gasteiger partial charge in [-0.2, -0.15) is 0 Å². The highest BCUT2D eigenvalue weighted by Crippen LogP contribution is 2.34. The molecule has 2 aliphatic heterocycles. The van der Waals surface area contributed by atoms with E-state index in [-0.39, 0.29) is 0 Å². The first-order valence-electron chi connectivity index (χ1n) is 11.4. The lowest BCUT2D eigenvalue weighted by molar-refractivity contribution is -0.109. The van der Waals surface area contributed by atoms with E-state index in [9.17, 15) is 4.79 Å². The van der Waals surface area contributed by atoms with Crippen molar-refractivity contribution < 1.29 is 9.53 Å². The molecule has 4 heterocycles. The van der Waals surface area contributed by atoms with E-state index >= 15 is 0 Å². The molecule has 1 saturated heterocycles. The van der Waals surface area contributed by atoms with Gasteiger partial charge in [0, 0.05) is 44.1 Å². The van der Waals surface area contributed by atoms with Crippen molar-refractivity contribution in [3.63, 3.8) is 0 Å². The van der Waals surface area contributed by atoms with Crippen LogP contribution in [0.1, 0.15) is 17.2 Å². The van der Waals surface area contributed by atoms with Crippen LogP contribution in [-0.2, 0) is 9.53 Å². The summed E-state index contributed by atoms with van der Waals surface area (Å²) in [6.45, 7) is 3.28. The first-order valence-corrected chi connectivity index (χ1v) is 11.4. The Labute approximate surface area is 199 Å². The third-order valence-electron chi connectivity index (χ3n) is 6.04. The van der Waals surface area contributed by atoms with E-state index in [1.54, 1.807) is 6.20 Å². The number of ether oxygens (including phenoxy) is 1. The Hall–Kier alpha value is -3.91. The third kappa shape index (κ3) is 4.45. The van der Waals surface area contributed by atoms with Crippen molar-refractivity contribution in [1.82, 2.24) is 15.3 Å². The highest BCUT2D eigenvalue weighted by Gasteiger charge is 2.23. The number of nitrogens with zero attached hydrogens (tertiary/aromatic N) is 4. The maximum Gasteiger partial charge on any atom is 0.146 e. The monoisotopic (exact) mass is 456 g/mol. The van der Waals surface area contributed by atoms with Crippen molar-refractivity contribution >= 4 is 35.4 Å². The summed E-state index contributed by atoms with van der Waals surface area (Å²) in [7, 11) is 3.92. The Morgan fingerprint density at radius 3 is 2.62 bits per heavy atom. The predicted octanol–water partition coefficient (Wildman–Crippen LogP) is 3.60. The Kier molecular flexibility index (Phi) is 6.14. The molecule has 0 saturated carbocycles. The molecule has 1 unspecified atom stereocenters. The minimum absolute atomic E-state index is 0.474. The lowest BCUT2D eigenvalue weighted by atomic mass is 9.97. The molecule has 0 aliphatic carbocycles. The average molecular weight is 457 g/mol. The van der Waals surface area contributed by atoms with E-state index in [0.29, 0.717) is 5.82 Å². The fraction of sp³-hybridized carbons (Fsp3) is 0.269. The first kappa shape index (κ1) is 21.9. The molecule has 2 aliphatic rings. The second-order valence-corrected chi connectivity index (χ2v) is 8.52. The zero-order chi connectivity index (χ0) is 23.5. The number of carbonyl (C=O) groups is 1. The molecule has 34 heavy (non-hydrogen) atoms. The first-order chi connectivity index (χ1) is 16.6. The Balaban J connectivity index is 1.51. The number of benzene rings is 1. The number of aldehydes is 1. The van der Waals surface area contributed by atoms with Crippen LogP contribution in [0.3, 0.4) is 0 Å². The number of rotatable bonds is 6. The van der Waals surface area contributed by atoms with E-state index in [1.165, 1.54) is 0 Å². The topological polar surface area (TPSA) is 82.6 Å². The fourth-order valence-corrected chi connectivity index (χ4v) is 4.23. The van der Waals surface area contributed by atoms with Gasteiger partial charge in [0.05, 0.1) is 24.6 Å². The summed E-state index contributed by atoms with van der Waals surface area (Å²) in [5.41, 5.74) is 5.34. The second-order valence-electron chi connectivity index (χ2n) is 8.52. The molecule has 1 atom stereocenters. The SMILES string of the molecule is CN(C)c1cccc(-c2cc3c(c(Nc4ccc(N5CCOCC5)cc4)n2)C(C=O)NC=C3)n1. The molecule has 2 N–H and O–H groups in total. The largest absolute Gasteiger partial charge is 0.378 e. The summed E-state index contributed by atoms with van der Waals surface area (Å²) < 4.78 is 5.46. The molecule has 5 rings (SSSR count). The molecule has 174 valence electrons. The second kappa shape index (κ2) is 9.52. The van der Waals surface area contributed by atoms with E-state index in [4.69, 9.17) is 14.7 Å². The summed E-state index contributed by atoms with van der Waals surface area (Å²) in [4.78, 5) is 25.8. The van der Waals surface area contributed by atoms with Gasteiger partial charge in [0.25, 0.3) is 0 Å². The number of fused-ring (bicyclic) bond motifs is 1. The molecular formula is C26H28N6O2. The van der Waals surface area contributed by atoms with Crippen LogP contribution in [0.5, 0.6) is 0 Å². The van der Waals surface area contributed by atoms with Gasteiger partial charge in [-0.1, -0.05) is 6.07 Å². The van der Waals surface area contributed by atoms with E-state index in [1.807, 2.05) is 61.5 Å². The van der Waals surface area contributed by atoms with Gasteiger partial charge in [0.1, 0.15) is 24.0 Å². The maximum absolute atomic E-state index is 11.8. The van der Waals surface area contributed by atoms with Crippen molar-refractivity contribution in [2.24, 2.45) is 0 Å². The van der Waals surface area contributed by atoms with Crippen LogP contribution in [0.4, 0.5) is 23.0 Å². The van der Waals surface area contributed by atoms with Gasteiger partial charge in [-0.3, -0.25) is 0 Å². The molecule has 0 amide bonds. The summed E-state index contributed by atoms with van der Waals surface area (Å²) in [5.74, 6) is 1.49. The molecule has 0 radical (unpaired) electrons. The molecule has 3 aromatic rings. The van der Waals surface area contributed by atoms with Crippen LogP contribution in [-0.4, -0.2) is 56.7 Å². The van der Waals surface area contributed by atoms with Gasteiger partial charge in [-0.05, 0) is 60.3 Å². The molecular weight excluding hydrogens is 428 g/mol. The number of hydrogen-bond acceptors (Lipinski definition) is 8. The molecule has 2 aromatic heterocycles. The van der Waals surface area contributed by atoms with Crippen molar-refractivity contribution in [3.05, 3.63) is 65.9 Å². The van der Waals surface area contributed by atoms with Gasteiger partial charge < -0.3 is 30.0 Å². The normalized spacial score (nSPS) is 17.0. The Morgan fingerprint density at radius 2 is 1.88 bits per heavy atom. The van der Waals surface area contributed by atoms with Crippen molar-refractivity contribution in [2.45, 2.75) is 6.04 Å². The Bertz CT molecular complexity index is 1200. The molecule has 1 aromatic carbocycles. The number of morpholine rings is 1. The van der Waals surface area contributed by atoms with Crippen LogP contribution in [0.2, 0.25) is 0 Å². The number of nitrogens with one attached hydrogen (secondary N) is 2. The number of anilines is 4. The van der Waals surface area contributed by atoms with Crippen LogP contribution in [0.25, 0.3) is 17.5 Å². The summed E-state index contributed by atoms with van der Waals surface area (Å²) in [6, 6.07) is 15.7. The summed E-state index contributed by atoms with van der Waals surface area (Å²) in [6.07, 6.45) is 4.67. The number of carbonyl (C=O) groups excluding carboxylic acids is 1. The molecule has 8 heteroatoms. The fourth-order valence-electron chi connectivity index (χ4n) is 4.23. The van der Waals surface area contributed by atoms with E-state index in [0.717, 1.165) is 72.3 Å². The van der Waals surface area contributed by atoms with Crippen molar-refractivity contribution in [1.29, 1.82) is 0 Å². The minimum Gasteiger partial charge on any atom is -0.378 e. The number of aromatic nitrogens is 2. The molecule has 8 nitrogen and oxygen atoms in total. The smallest absolute Gasteiger partial charge is 0.146 e. The molecule has 1 fully saturated rings. The van der Waals surface area contributed by atoms with Crippen LogP contribution < -0.4 is 20.4 Å². The van der Waals surface area contributed by atoms with Crippen molar-refractivity contribution in [2.75, 3.05) is 55.5 Å². The highest BCUT2D eigenvalue weighted by molar-refractivity contribution is 5.80. The minimum atomic E-state index is -0.474. The van der Waals surface area contributed by atoms with E-state index in [2.05, 4.69) is 27.7 Å². The van der Waals surface area contributed by atoms with Gasteiger partial charge in [-0.15, -0.1) is 0 Å². The number of hydrogen-bond donors (Lipinski definition) is 2. The highest BCUT2D eigenvalue weighted by atomic mass is 16.5.